The van der Waals surface area contributed by atoms with E-state index < -0.39 is 58.0 Å². The highest BCUT2D eigenvalue weighted by Gasteiger charge is 2.54. The van der Waals surface area contributed by atoms with E-state index in [1.807, 2.05) is 91.8 Å². The molecule has 0 saturated carbocycles. The van der Waals surface area contributed by atoms with Crippen molar-refractivity contribution in [3.8, 4) is 62.1 Å². The second-order valence-corrected chi connectivity index (χ2v) is 27.8. The summed E-state index contributed by atoms with van der Waals surface area (Å²) in [4.78, 5) is 0. The number of phenolic OH excluding ortho intramolecular Hbond substituents is 4. The first-order chi connectivity index (χ1) is 41.3. The SMILES string of the molecule is C.C.C.C.C.C.CC1(C)OB(c2cccc(-c3cccc(B4OC(C)(C)C(C)(C)O4)c3Cl)c2Cl)OC1(C)C.Cc1cccc(-c2cccc(OS(=O)(=O)C(F)(F)F)c2Cl)c1Cl.Oc1cccc(-c2cccc(O)c2Cl)c1Cl.Oc1cccc(Br)c1Cl.Oc1cccc(Br)c1Cl. The molecule has 520 valence electrons. The zero-order valence-corrected chi connectivity index (χ0v) is 58.5. The van der Waals surface area contributed by atoms with Crippen LogP contribution in [0.2, 0.25) is 40.2 Å². The summed E-state index contributed by atoms with van der Waals surface area (Å²) in [6.07, 6.45) is 0. The lowest BCUT2D eigenvalue weighted by molar-refractivity contribution is -0.0500. The molecule has 0 spiro atoms. The van der Waals surface area contributed by atoms with Crippen molar-refractivity contribution < 1.29 is 64.8 Å². The Hall–Kier alpha value is -4.25. The summed E-state index contributed by atoms with van der Waals surface area (Å²) in [7, 11) is -6.92. The number of aromatic hydroxyl groups is 4. The van der Waals surface area contributed by atoms with Gasteiger partial charge in [0.05, 0.1) is 52.5 Å². The Kier molecular flexibility index (Phi) is 35.1. The van der Waals surface area contributed by atoms with E-state index in [4.69, 9.17) is 122 Å². The summed E-state index contributed by atoms with van der Waals surface area (Å²) in [5.41, 5.74) is -1.58. The van der Waals surface area contributed by atoms with Gasteiger partial charge in [0, 0.05) is 63.3 Å². The third kappa shape index (κ3) is 21.4. The lowest BCUT2D eigenvalue weighted by Crippen LogP contribution is -2.41. The number of alkyl halides is 3. The normalized spacial score (nSPS) is 14.3. The molecule has 0 aromatic heterocycles. The fourth-order valence-corrected chi connectivity index (χ4v) is 11.1. The molecule has 0 radical (unpaired) electrons. The molecule has 2 heterocycles. The second kappa shape index (κ2) is 36.7. The van der Waals surface area contributed by atoms with Crippen molar-refractivity contribution in [1.82, 2.24) is 0 Å². The smallest absolute Gasteiger partial charge is 0.506 e. The molecule has 2 aliphatic heterocycles. The number of hydrogen-bond donors (Lipinski definition) is 4. The molecular weight excluding hydrogens is 1550 g/mol. The van der Waals surface area contributed by atoms with E-state index in [1.165, 1.54) is 36.4 Å². The predicted octanol–water partition coefficient (Wildman–Crippen LogP) is 24.0. The van der Waals surface area contributed by atoms with Crippen LogP contribution in [0.4, 0.5) is 13.2 Å². The van der Waals surface area contributed by atoms with Crippen molar-refractivity contribution in [1.29, 1.82) is 0 Å². The highest BCUT2D eigenvalue weighted by molar-refractivity contribution is 9.10. The fraction of sp³-hybridized carbons (Fsp3) is 0.294. The number of hydrogen-bond acceptors (Lipinski definition) is 11. The highest BCUT2D eigenvalue weighted by Crippen LogP contribution is 2.45. The van der Waals surface area contributed by atoms with Crippen LogP contribution in [0.25, 0.3) is 33.4 Å². The topological polar surface area (TPSA) is 161 Å². The minimum absolute atomic E-state index is 0. The third-order valence-corrected chi connectivity index (χ3v) is 20.5. The van der Waals surface area contributed by atoms with Crippen LogP contribution >= 0.6 is 125 Å². The van der Waals surface area contributed by atoms with Crippen LogP contribution in [0.15, 0.2) is 155 Å². The molecular formula is C68H79B2Br2Cl8F3O11S. The van der Waals surface area contributed by atoms with E-state index in [1.54, 1.807) is 73.7 Å². The van der Waals surface area contributed by atoms with E-state index in [9.17, 15) is 31.8 Å². The zero-order chi connectivity index (χ0) is 66.5. The molecule has 2 aliphatic rings. The number of aryl methyl sites for hydroxylation is 1. The van der Waals surface area contributed by atoms with Gasteiger partial charge in [-0.3, -0.25) is 0 Å². The Morgan fingerprint density at radius 1 is 0.389 bits per heavy atom. The molecule has 0 amide bonds. The van der Waals surface area contributed by atoms with E-state index in [-0.39, 0.29) is 88.2 Å². The first-order valence-corrected chi connectivity index (χ1v) is 32.3. The summed E-state index contributed by atoms with van der Waals surface area (Å²) in [6, 6.07) is 40.3. The Bertz CT molecular complexity index is 3750. The van der Waals surface area contributed by atoms with E-state index in [2.05, 4.69) is 36.0 Å². The molecule has 8 aromatic carbocycles. The van der Waals surface area contributed by atoms with Crippen LogP contribution < -0.4 is 15.1 Å². The van der Waals surface area contributed by atoms with E-state index in [0.29, 0.717) is 50.7 Å². The predicted molar refractivity (Wildman–Crippen MR) is 403 cm³/mol. The maximum absolute atomic E-state index is 12.4. The molecule has 0 unspecified atom stereocenters. The Balaban J connectivity index is 0.00000123. The molecule has 4 N–H and O–H groups in total. The summed E-state index contributed by atoms with van der Waals surface area (Å²) in [5, 5.41) is 39.2. The van der Waals surface area contributed by atoms with Gasteiger partial charge in [-0.05, 0) is 142 Å². The lowest BCUT2D eigenvalue weighted by Gasteiger charge is -2.32. The van der Waals surface area contributed by atoms with Crippen LogP contribution in [-0.4, -0.2) is 71.0 Å². The van der Waals surface area contributed by atoms with E-state index in [0.717, 1.165) is 33.7 Å². The average molecular weight is 1630 g/mol. The van der Waals surface area contributed by atoms with Crippen LogP contribution in [0.5, 0.6) is 28.7 Å². The van der Waals surface area contributed by atoms with Crippen molar-refractivity contribution in [3.63, 3.8) is 0 Å². The standard InChI is InChI=1S/C24H30B2Cl2O4.C14H9Cl2F3O3S.C12H8Cl2O2.2C6H4BrClO.6CH4/c1-21(2)22(3,4)30-25(29-21)17-13-9-11-15(19(17)27)16-12-10-14-18(20(16)28)26-31-23(5,6)24(7,8)32-26;1-8-4-2-5-9(12(8)15)10-6-3-7-11(13(10)16)22-23(20,21)14(17,18)19;13-11-7(3-1-5-9(11)15)8-4-2-6-10(16)12(8)14;2*7-4-2-1-3-5(9)6(4)8;;;;;;/h9-14H,1-8H3;2-7H,1H3;1-6,15-16H;2*1-3,9H;6*1H4. The lowest BCUT2D eigenvalue weighted by atomic mass is 9.76. The number of halogens is 13. The van der Waals surface area contributed by atoms with Gasteiger partial charge in [0.1, 0.15) is 23.0 Å². The fourth-order valence-electron chi connectivity index (χ4n) is 8.06. The quantitative estimate of drug-likeness (QED) is 0.0683. The number of rotatable bonds is 7. The minimum Gasteiger partial charge on any atom is -0.506 e. The van der Waals surface area contributed by atoms with Crippen molar-refractivity contribution in [2.75, 3.05) is 0 Å². The maximum Gasteiger partial charge on any atom is 0.534 e. The average Bonchev–Trinajstić information content (AvgIpc) is 1.67. The maximum atomic E-state index is 12.4. The van der Waals surface area contributed by atoms with Crippen molar-refractivity contribution in [2.45, 2.75) is 135 Å². The van der Waals surface area contributed by atoms with Gasteiger partial charge in [-0.2, -0.15) is 21.6 Å². The molecule has 8 aromatic rings. The van der Waals surface area contributed by atoms with Gasteiger partial charge in [0.15, 0.2) is 5.75 Å². The molecule has 2 fully saturated rings. The van der Waals surface area contributed by atoms with Gasteiger partial charge in [0.25, 0.3) is 0 Å². The van der Waals surface area contributed by atoms with Crippen LogP contribution in [0.1, 0.15) is 106 Å². The largest absolute Gasteiger partial charge is 0.534 e. The van der Waals surface area contributed by atoms with Gasteiger partial charge in [-0.25, -0.2) is 0 Å². The van der Waals surface area contributed by atoms with Crippen LogP contribution in [-0.2, 0) is 28.7 Å². The second-order valence-electron chi connectivity index (χ2n) is 21.6. The molecule has 0 bridgehead atoms. The van der Waals surface area contributed by atoms with Gasteiger partial charge in [0.2, 0.25) is 0 Å². The molecule has 27 heteroatoms. The number of benzene rings is 8. The monoisotopic (exact) mass is 1620 g/mol. The van der Waals surface area contributed by atoms with E-state index >= 15 is 0 Å². The Labute approximate surface area is 616 Å². The van der Waals surface area contributed by atoms with Crippen LogP contribution in [0.3, 0.4) is 0 Å². The molecule has 95 heavy (non-hydrogen) atoms. The third-order valence-electron chi connectivity index (χ3n) is 14.4. The Morgan fingerprint density at radius 3 is 0.947 bits per heavy atom. The molecule has 10 rings (SSSR count). The van der Waals surface area contributed by atoms with Crippen molar-refractivity contribution >= 4 is 160 Å². The molecule has 0 atom stereocenters. The first kappa shape index (κ1) is 90.7. The minimum atomic E-state index is -5.81. The highest BCUT2D eigenvalue weighted by atomic mass is 79.9. The summed E-state index contributed by atoms with van der Waals surface area (Å²) in [5.74, 6) is -0.451. The Morgan fingerprint density at radius 2 is 0.642 bits per heavy atom. The van der Waals surface area contributed by atoms with Gasteiger partial charge >= 0.3 is 29.9 Å². The summed E-state index contributed by atoms with van der Waals surface area (Å²) < 4.78 is 89.9. The van der Waals surface area contributed by atoms with Gasteiger partial charge in [-0.15, -0.1) is 0 Å². The first-order valence-electron chi connectivity index (χ1n) is 26.3. The molecule has 2 saturated heterocycles. The summed E-state index contributed by atoms with van der Waals surface area (Å²) >= 11 is 55.4. The molecule has 11 nitrogen and oxygen atoms in total. The molecule has 0 aliphatic carbocycles. The summed E-state index contributed by atoms with van der Waals surface area (Å²) in [6.45, 7) is 17.9. The van der Waals surface area contributed by atoms with Crippen molar-refractivity contribution in [2.24, 2.45) is 0 Å². The van der Waals surface area contributed by atoms with Crippen molar-refractivity contribution in [3.05, 3.63) is 200 Å². The van der Waals surface area contributed by atoms with Gasteiger partial charge < -0.3 is 43.2 Å². The zero-order valence-electron chi connectivity index (χ0n) is 48.5. The van der Waals surface area contributed by atoms with Gasteiger partial charge in [-0.1, -0.05) is 240 Å². The van der Waals surface area contributed by atoms with Crippen LogP contribution in [0, 0.1) is 6.92 Å². The number of phenols is 4.